The zero-order valence-electron chi connectivity index (χ0n) is 11.9. The number of rotatable bonds is 4. The van der Waals surface area contributed by atoms with E-state index in [4.69, 9.17) is 4.74 Å². The van der Waals surface area contributed by atoms with Crippen LogP contribution in [0.1, 0.15) is 15.9 Å². The van der Waals surface area contributed by atoms with Gasteiger partial charge in [0.25, 0.3) is 0 Å². The summed E-state index contributed by atoms with van der Waals surface area (Å²) in [5, 5.41) is 10.0. The number of quaternary nitrogens is 1. The molecule has 0 saturated heterocycles. The van der Waals surface area contributed by atoms with Gasteiger partial charge in [0.1, 0.15) is 6.54 Å². The number of carbonyl (C=O) groups excluding carboxylic acids is 1. The molecule has 1 aromatic carbocycles. The third kappa shape index (κ3) is 4.87. The van der Waals surface area contributed by atoms with Crippen LogP contribution in [-0.2, 0) is 11.3 Å². The predicted molar refractivity (Wildman–Crippen MR) is 67.7 cm³/mol. The summed E-state index contributed by atoms with van der Waals surface area (Å²) < 4.78 is 10.4. The second-order valence-corrected chi connectivity index (χ2v) is 5.13. The fraction of sp³-hybridized carbons (Fsp3) is 0.462. The van der Waals surface area contributed by atoms with Crippen molar-refractivity contribution in [3.63, 3.8) is 0 Å². The number of methoxy groups -OCH3 is 2. The SMILES string of the molecule is COC(=O)c1cc(C[N+](C)(C)C)c(O)c(OC)c1.[I-]. The molecule has 0 bridgehead atoms. The Morgan fingerprint density at radius 1 is 1.26 bits per heavy atom. The van der Waals surface area contributed by atoms with E-state index in [-0.39, 0.29) is 35.5 Å². The first kappa shape index (κ1) is 18.0. The highest BCUT2D eigenvalue weighted by Gasteiger charge is 2.19. The van der Waals surface area contributed by atoms with Gasteiger partial charge in [-0.3, -0.25) is 0 Å². The van der Waals surface area contributed by atoms with Gasteiger partial charge in [-0.05, 0) is 12.1 Å². The predicted octanol–water partition coefficient (Wildman–Crippen LogP) is -1.60. The van der Waals surface area contributed by atoms with Gasteiger partial charge in [-0.2, -0.15) is 0 Å². The minimum Gasteiger partial charge on any atom is -1.00 e. The second kappa shape index (κ2) is 6.95. The van der Waals surface area contributed by atoms with E-state index in [2.05, 4.69) is 4.74 Å². The molecule has 0 aliphatic carbocycles. The van der Waals surface area contributed by atoms with E-state index in [1.54, 1.807) is 6.07 Å². The second-order valence-electron chi connectivity index (χ2n) is 5.13. The van der Waals surface area contributed by atoms with Crippen molar-refractivity contribution in [3.05, 3.63) is 23.3 Å². The van der Waals surface area contributed by atoms with Gasteiger partial charge in [-0.1, -0.05) is 0 Å². The summed E-state index contributed by atoms with van der Waals surface area (Å²) in [7, 11) is 8.76. The van der Waals surface area contributed by atoms with Crippen LogP contribution in [0.25, 0.3) is 0 Å². The Morgan fingerprint density at radius 2 is 1.84 bits per heavy atom. The van der Waals surface area contributed by atoms with Crippen LogP contribution in [-0.4, -0.2) is 50.9 Å². The first-order valence-corrected chi connectivity index (χ1v) is 5.57. The number of phenolic OH excluding ortho intramolecular Hbond substituents is 1. The zero-order chi connectivity index (χ0) is 13.9. The molecule has 19 heavy (non-hydrogen) atoms. The van der Waals surface area contributed by atoms with Gasteiger partial charge in [-0.15, -0.1) is 0 Å². The number of ether oxygens (including phenoxy) is 2. The number of carbonyl (C=O) groups is 1. The van der Waals surface area contributed by atoms with Crippen LogP contribution < -0.4 is 28.7 Å². The maximum atomic E-state index is 11.5. The summed E-state index contributed by atoms with van der Waals surface area (Å²) in [6.07, 6.45) is 0. The molecular formula is C13H20INO4. The monoisotopic (exact) mass is 381 g/mol. The third-order valence-corrected chi connectivity index (χ3v) is 2.44. The molecule has 0 spiro atoms. The van der Waals surface area contributed by atoms with Crippen LogP contribution in [0.2, 0.25) is 0 Å². The molecule has 1 rings (SSSR count). The number of halogens is 1. The van der Waals surface area contributed by atoms with E-state index in [1.165, 1.54) is 20.3 Å². The average molecular weight is 381 g/mol. The highest BCUT2D eigenvalue weighted by molar-refractivity contribution is 5.90. The van der Waals surface area contributed by atoms with Crippen molar-refractivity contribution < 1.29 is 47.8 Å². The minimum atomic E-state index is -0.448. The van der Waals surface area contributed by atoms with Crippen molar-refractivity contribution in [2.24, 2.45) is 0 Å². The Bertz CT molecular complexity index is 455. The third-order valence-electron chi connectivity index (χ3n) is 2.44. The van der Waals surface area contributed by atoms with Gasteiger partial charge in [0, 0.05) is 0 Å². The first-order chi connectivity index (χ1) is 8.28. The first-order valence-electron chi connectivity index (χ1n) is 5.57. The Morgan fingerprint density at radius 3 is 2.26 bits per heavy atom. The van der Waals surface area contributed by atoms with Gasteiger partial charge in [-0.25, -0.2) is 4.79 Å². The zero-order valence-corrected chi connectivity index (χ0v) is 14.0. The quantitative estimate of drug-likeness (QED) is 0.388. The lowest BCUT2D eigenvalue weighted by Crippen LogP contribution is -3.00. The summed E-state index contributed by atoms with van der Waals surface area (Å²) in [5.41, 5.74) is 1.03. The number of phenols is 1. The van der Waals surface area contributed by atoms with Crippen molar-refractivity contribution in [2.45, 2.75) is 6.54 Å². The van der Waals surface area contributed by atoms with Crippen molar-refractivity contribution >= 4 is 5.97 Å². The van der Waals surface area contributed by atoms with Crippen LogP contribution in [0.15, 0.2) is 12.1 Å². The molecule has 0 amide bonds. The highest BCUT2D eigenvalue weighted by Crippen LogP contribution is 2.33. The van der Waals surface area contributed by atoms with Gasteiger partial charge < -0.3 is 43.0 Å². The molecule has 5 nitrogen and oxygen atoms in total. The molecule has 1 N–H and O–H groups in total. The number of aromatic hydroxyl groups is 1. The van der Waals surface area contributed by atoms with E-state index in [0.29, 0.717) is 22.2 Å². The fourth-order valence-corrected chi connectivity index (χ4v) is 1.69. The van der Waals surface area contributed by atoms with Crippen LogP contribution in [0.5, 0.6) is 11.5 Å². The Balaban J connectivity index is 0.00000324. The largest absolute Gasteiger partial charge is 1.00 e. The van der Waals surface area contributed by atoms with E-state index in [9.17, 15) is 9.90 Å². The van der Waals surface area contributed by atoms with E-state index >= 15 is 0 Å². The van der Waals surface area contributed by atoms with Gasteiger partial charge >= 0.3 is 5.97 Å². The molecule has 0 unspecified atom stereocenters. The Hall–Kier alpha value is -1.02. The lowest BCUT2D eigenvalue weighted by molar-refractivity contribution is -0.884. The minimum absolute atomic E-state index is 0. The van der Waals surface area contributed by atoms with Crippen LogP contribution in [0.3, 0.4) is 0 Å². The molecule has 6 heteroatoms. The maximum absolute atomic E-state index is 11.5. The molecule has 0 aromatic heterocycles. The normalized spacial score (nSPS) is 10.6. The number of esters is 1. The molecule has 0 atom stereocenters. The van der Waals surface area contributed by atoms with Crippen molar-refractivity contribution in [3.8, 4) is 11.5 Å². The van der Waals surface area contributed by atoms with Gasteiger partial charge in [0.2, 0.25) is 0 Å². The van der Waals surface area contributed by atoms with E-state index < -0.39 is 5.97 Å². The van der Waals surface area contributed by atoms with E-state index in [1.807, 2.05) is 21.1 Å². The molecule has 0 radical (unpaired) electrons. The van der Waals surface area contributed by atoms with Crippen LogP contribution in [0, 0.1) is 0 Å². The summed E-state index contributed by atoms with van der Waals surface area (Å²) >= 11 is 0. The summed E-state index contributed by atoms with van der Waals surface area (Å²) in [6, 6.07) is 3.10. The lowest BCUT2D eigenvalue weighted by Gasteiger charge is -2.25. The van der Waals surface area contributed by atoms with Crippen molar-refractivity contribution in [1.29, 1.82) is 0 Å². The molecule has 0 aliphatic rings. The van der Waals surface area contributed by atoms with E-state index in [0.717, 1.165) is 0 Å². The van der Waals surface area contributed by atoms with Gasteiger partial charge in [0.15, 0.2) is 11.5 Å². The smallest absolute Gasteiger partial charge is 0.338 e. The Kier molecular flexibility index (Phi) is 6.58. The molecule has 0 aliphatic heterocycles. The lowest BCUT2D eigenvalue weighted by atomic mass is 10.1. The highest BCUT2D eigenvalue weighted by atomic mass is 127. The number of hydrogen-bond acceptors (Lipinski definition) is 4. The molecular weight excluding hydrogens is 361 g/mol. The molecule has 0 fully saturated rings. The van der Waals surface area contributed by atoms with Crippen LogP contribution >= 0.6 is 0 Å². The summed E-state index contributed by atoms with van der Waals surface area (Å²) in [5.74, 6) is -0.101. The molecule has 0 saturated carbocycles. The fourth-order valence-electron chi connectivity index (χ4n) is 1.69. The maximum Gasteiger partial charge on any atom is 0.338 e. The average Bonchev–Trinajstić information content (AvgIpc) is 2.29. The summed E-state index contributed by atoms with van der Waals surface area (Å²) in [6.45, 7) is 0.576. The van der Waals surface area contributed by atoms with Crippen LogP contribution in [0.4, 0.5) is 0 Å². The van der Waals surface area contributed by atoms with Crippen molar-refractivity contribution in [2.75, 3.05) is 35.4 Å². The van der Waals surface area contributed by atoms with Crippen molar-refractivity contribution in [1.82, 2.24) is 0 Å². The Labute approximate surface area is 130 Å². The van der Waals surface area contributed by atoms with Gasteiger partial charge in [0.05, 0.1) is 46.5 Å². The molecule has 0 heterocycles. The number of hydrogen-bond donors (Lipinski definition) is 1. The molecule has 1 aromatic rings. The summed E-state index contributed by atoms with van der Waals surface area (Å²) in [4.78, 5) is 11.5. The topological polar surface area (TPSA) is 55.8 Å². The number of nitrogens with zero attached hydrogens (tertiary/aromatic N) is 1. The number of benzene rings is 1. The standard InChI is InChI=1S/C13H19NO4.HI/c1-14(2,3)8-10-6-9(13(16)18-5)7-11(17-4)12(10)15;/h6-7H,8H2,1-5H3;1H. The molecule has 108 valence electrons.